The Labute approximate surface area is 291 Å². The Morgan fingerprint density at radius 1 is 0.660 bits per heavy atom. The number of halogens is 3. The minimum absolute atomic E-state index is 0.0896. The van der Waals surface area contributed by atoms with Gasteiger partial charge in [-0.3, -0.25) is 9.59 Å². The molecule has 7 heteroatoms. The summed E-state index contributed by atoms with van der Waals surface area (Å²) in [6, 6.07) is 44.8. The van der Waals surface area contributed by atoms with Gasteiger partial charge in [-0.05, 0) is 95.6 Å². The molecular formula is C40H26BrCl2NO3. The van der Waals surface area contributed by atoms with Crippen LogP contribution in [0, 0.1) is 0 Å². The van der Waals surface area contributed by atoms with E-state index in [-0.39, 0.29) is 11.7 Å². The van der Waals surface area contributed by atoms with Gasteiger partial charge in [-0.25, -0.2) is 0 Å². The van der Waals surface area contributed by atoms with Crippen LogP contribution in [0.3, 0.4) is 0 Å². The highest BCUT2D eigenvalue weighted by atomic mass is 79.9. The normalized spacial score (nSPS) is 13.3. The van der Waals surface area contributed by atoms with Gasteiger partial charge in [-0.1, -0.05) is 106 Å². The Morgan fingerprint density at radius 3 is 1.77 bits per heavy atom. The van der Waals surface area contributed by atoms with Crippen molar-refractivity contribution in [2.45, 2.75) is 12.0 Å². The van der Waals surface area contributed by atoms with E-state index in [0.29, 0.717) is 33.5 Å². The van der Waals surface area contributed by atoms with Gasteiger partial charge in [-0.15, -0.1) is 0 Å². The quantitative estimate of drug-likeness (QED) is 0.147. The molecule has 230 valence electrons. The minimum atomic E-state index is -1.12. The number of anilines is 1. The summed E-state index contributed by atoms with van der Waals surface area (Å²) in [6.07, 6.45) is 0. The lowest BCUT2D eigenvalue weighted by Crippen LogP contribution is -2.42. The van der Waals surface area contributed by atoms with Crippen molar-refractivity contribution in [3.8, 4) is 11.5 Å². The number of carbonyl (C=O) groups is 2. The standard InChI is InChI=1S/C40H26BrCl2NO3/c41-31-16-23-37-36(24-31)40(29-12-17-32(42)18-13-29,30-14-19-33(43)20-15-30)39(46)44(37)25-26-6-8-27(9-7-26)38(45)28-10-21-35(22-11-28)47-34-4-2-1-3-5-34/h1-24H,25H2. The summed E-state index contributed by atoms with van der Waals surface area (Å²) in [6.45, 7) is 0.316. The van der Waals surface area contributed by atoms with E-state index < -0.39 is 5.41 Å². The molecule has 0 saturated carbocycles. The number of carbonyl (C=O) groups excluding carboxylic acids is 2. The van der Waals surface area contributed by atoms with E-state index in [9.17, 15) is 9.59 Å². The van der Waals surface area contributed by atoms with Gasteiger partial charge in [0, 0.05) is 36.9 Å². The lowest BCUT2D eigenvalue weighted by molar-refractivity contribution is -0.120. The lowest BCUT2D eigenvalue weighted by atomic mass is 9.70. The summed E-state index contributed by atoms with van der Waals surface area (Å²) in [5.74, 6) is 1.19. The number of rotatable bonds is 8. The molecule has 4 nitrogen and oxygen atoms in total. The van der Waals surface area contributed by atoms with E-state index in [2.05, 4.69) is 15.9 Å². The number of nitrogens with zero attached hydrogens (tertiary/aromatic N) is 1. The molecule has 0 bridgehead atoms. The Hall–Kier alpha value is -4.68. The molecule has 0 saturated heterocycles. The van der Waals surface area contributed by atoms with Gasteiger partial charge in [0.15, 0.2) is 5.78 Å². The third kappa shape index (κ3) is 5.87. The average Bonchev–Trinajstić information content (AvgIpc) is 3.33. The molecule has 0 aliphatic carbocycles. The maximum absolute atomic E-state index is 14.9. The molecule has 7 rings (SSSR count). The molecule has 6 aromatic rings. The molecule has 0 radical (unpaired) electrons. The Balaban J connectivity index is 1.19. The molecule has 0 spiro atoms. The molecule has 0 unspecified atom stereocenters. The molecule has 1 heterocycles. The van der Waals surface area contributed by atoms with Crippen LogP contribution in [-0.4, -0.2) is 11.7 Å². The smallest absolute Gasteiger partial charge is 0.247 e. The SMILES string of the molecule is O=C(c1ccc(CN2C(=O)C(c3ccc(Cl)cc3)(c3ccc(Cl)cc3)c3cc(Br)ccc32)cc1)c1ccc(Oc2ccccc2)cc1. The summed E-state index contributed by atoms with van der Waals surface area (Å²) in [5, 5.41) is 1.17. The number of hydrogen-bond donors (Lipinski definition) is 0. The highest BCUT2D eigenvalue weighted by molar-refractivity contribution is 9.10. The number of para-hydroxylation sites is 1. The van der Waals surface area contributed by atoms with Crippen LogP contribution in [0.25, 0.3) is 0 Å². The van der Waals surface area contributed by atoms with Gasteiger partial charge >= 0.3 is 0 Å². The van der Waals surface area contributed by atoms with E-state index >= 15 is 0 Å². The zero-order valence-electron chi connectivity index (χ0n) is 24.9. The van der Waals surface area contributed by atoms with Crippen molar-refractivity contribution in [3.05, 3.63) is 193 Å². The second kappa shape index (κ2) is 12.8. The van der Waals surface area contributed by atoms with Crippen LogP contribution in [0.2, 0.25) is 10.0 Å². The molecule has 0 fully saturated rings. The van der Waals surface area contributed by atoms with Crippen LogP contribution in [-0.2, 0) is 16.8 Å². The fraction of sp³-hybridized carbons (Fsp3) is 0.0500. The molecule has 6 aromatic carbocycles. The van der Waals surface area contributed by atoms with Gasteiger partial charge in [0.1, 0.15) is 16.9 Å². The predicted molar refractivity (Wildman–Crippen MR) is 191 cm³/mol. The third-order valence-corrected chi connectivity index (χ3v) is 9.42. The summed E-state index contributed by atoms with van der Waals surface area (Å²) < 4.78 is 6.72. The molecule has 0 N–H and O–H groups in total. The summed E-state index contributed by atoms with van der Waals surface area (Å²) in [7, 11) is 0. The lowest BCUT2D eigenvalue weighted by Gasteiger charge is -2.30. The number of amides is 1. The first kappa shape index (κ1) is 30.9. The third-order valence-electron chi connectivity index (χ3n) is 8.43. The summed E-state index contributed by atoms with van der Waals surface area (Å²) in [4.78, 5) is 30.0. The number of ketones is 1. The first-order valence-electron chi connectivity index (χ1n) is 14.9. The van der Waals surface area contributed by atoms with Gasteiger partial charge in [0.05, 0.1) is 6.54 Å². The van der Waals surface area contributed by atoms with Crippen molar-refractivity contribution in [3.63, 3.8) is 0 Å². The maximum atomic E-state index is 14.9. The van der Waals surface area contributed by atoms with Gasteiger partial charge in [0.2, 0.25) is 5.91 Å². The second-order valence-corrected chi connectivity index (χ2v) is 13.1. The number of hydrogen-bond acceptors (Lipinski definition) is 3. The van der Waals surface area contributed by atoms with Crippen LogP contribution in [0.5, 0.6) is 11.5 Å². The summed E-state index contributed by atoms with van der Waals surface area (Å²) >= 11 is 16.2. The van der Waals surface area contributed by atoms with Crippen LogP contribution in [0.4, 0.5) is 5.69 Å². The van der Waals surface area contributed by atoms with Crippen molar-refractivity contribution < 1.29 is 14.3 Å². The molecule has 0 aromatic heterocycles. The van der Waals surface area contributed by atoms with E-state index in [1.807, 2.05) is 114 Å². The van der Waals surface area contributed by atoms with Crippen molar-refractivity contribution in [2.75, 3.05) is 4.90 Å². The second-order valence-electron chi connectivity index (χ2n) is 11.3. The van der Waals surface area contributed by atoms with E-state index in [0.717, 1.165) is 38.2 Å². The Kier molecular flexibility index (Phi) is 8.46. The molecule has 1 aliphatic rings. The molecule has 1 amide bonds. The van der Waals surface area contributed by atoms with Gasteiger partial charge in [-0.2, -0.15) is 0 Å². The van der Waals surface area contributed by atoms with Crippen molar-refractivity contribution in [2.24, 2.45) is 0 Å². The monoisotopic (exact) mass is 717 g/mol. The molecule has 47 heavy (non-hydrogen) atoms. The van der Waals surface area contributed by atoms with E-state index in [4.69, 9.17) is 27.9 Å². The molecule has 1 aliphatic heterocycles. The Bertz CT molecular complexity index is 2040. The largest absolute Gasteiger partial charge is 0.457 e. The number of benzene rings is 6. The zero-order valence-corrected chi connectivity index (χ0v) is 28.0. The maximum Gasteiger partial charge on any atom is 0.247 e. The minimum Gasteiger partial charge on any atom is -0.457 e. The van der Waals surface area contributed by atoms with Crippen LogP contribution in [0.15, 0.2) is 150 Å². The van der Waals surface area contributed by atoms with Crippen molar-refractivity contribution in [1.82, 2.24) is 0 Å². The highest BCUT2D eigenvalue weighted by Crippen LogP contribution is 2.52. The zero-order chi connectivity index (χ0) is 32.5. The average molecular weight is 719 g/mol. The Morgan fingerprint density at radius 2 is 1.19 bits per heavy atom. The fourth-order valence-electron chi connectivity index (χ4n) is 6.16. The first-order valence-corrected chi connectivity index (χ1v) is 16.5. The fourth-order valence-corrected chi connectivity index (χ4v) is 6.78. The van der Waals surface area contributed by atoms with Crippen molar-refractivity contribution >= 4 is 56.5 Å². The highest BCUT2D eigenvalue weighted by Gasteiger charge is 2.53. The number of ether oxygens (including phenoxy) is 1. The predicted octanol–water partition coefficient (Wildman–Crippen LogP) is 10.7. The van der Waals surface area contributed by atoms with Crippen LogP contribution < -0.4 is 9.64 Å². The number of fused-ring (bicyclic) bond motifs is 1. The van der Waals surface area contributed by atoms with Gasteiger partial charge in [0.25, 0.3) is 0 Å². The topological polar surface area (TPSA) is 46.6 Å². The summed E-state index contributed by atoms with van der Waals surface area (Å²) in [5.41, 5.74) is 4.14. The van der Waals surface area contributed by atoms with Gasteiger partial charge < -0.3 is 9.64 Å². The first-order chi connectivity index (χ1) is 22.8. The van der Waals surface area contributed by atoms with E-state index in [1.165, 1.54) is 0 Å². The molecular weight excluding hydrogens is 693 g/mol. The van der Waals surface area contributed by atoms with E-state index in [1.54, 1.807) is 36.4 Å². The van der Waals surface area contributed by atoms with Crippen LogP contribution in [0.1, 0.15) is 38.2 Å². The molecule has 0 atom stereocenters. The van der Waals surface area contributed by atoms with Crippen molar-refractivity contribution in [1.29, 1.82) is 0 Å². The van der Waals surface area contributed by atoms with Crippen LogP contribution >= 0.6 is 39.1 Å².